The molecule has 0 aliphatic heterocycles. The van der Waals surface area contributed by atoms with Gasteiger partial charge < -0.3 is 15.3 Å². The van der Waals surface area contributed by atoms with Gasteiger partial charge in [-0.15, -0.1) is 10.2 Å². The monoisotopic (exact) mass is 260 g/mol. The van der Waals surface area contributed by atoms with E-state index in [0.29, 0.717) is 0 Å². The molecule has 0 fully saturated rings. The van der Waals surface area contributed by atoms with Crippen LogP contribution in [0.2, 0.25) is 0 Å². The van der Waals surface area contributed by atoms with Gasteiger partial charge in [0.15, 0.2) is 10.3 Å². The highest BCUT2D eigenvalue weighted by Crippen LogP contribution is 2.26. The molecular formula is C11H12N6S. The Hall–Kier alpha value is -2.02. The van der Waals surface area contributed by atoms with Gasteiger partial charge in [0, 0.05) is 12.7 Å². The smallest absolute Gasteiger partial charge is 0.198 e. The van der Waals surface area contributed by atoms with Crippen LogP contribution < -0.4 is 5.73 Å². The number of nitrogen functional groups attached to an aromatic ring is 1. The molecule has 0 atom stereocenters. The first-order chi connectivity index (χ1) is 8.63. The van der Waals surface area contributed by atoms with Crippen molar-refractivity contribution < 1.29 is 0 Å². The molecule has 0 amide bonds. The lowest BCUT2D eigenvalue weighted by Crippen LogP contribution is -1.93. The molecule has 0 unspecified atom stereocenters. The normalized spacial score (nSPS) is 11.2. The third-order valence-electron chi connectivity index (χ3n) is 2.72. The molecule has 2 aromatic heterocycles. The first-order valence-electron chi connectivity index (χ1n) is 5.42. The summed E-state index contributed by atoms with van der Waals surface area (Å²) in [5, 5.41) is 9.69. The van der Waals surface area contributed by atoms with Crippen LogP contribution in [0.5, 0.6) is 0 Å². The van der Waals surface area contributed by atoms with Crippen molar-refractivity contribution in [3.05, 3.63) is 24.0 Å². The molecule has 0 bridgehead atoms. The fraction of sp³-hybridized carbons (Fsp3) is 0.182. The van der Waals surface area contributed by atoms with Gasteiger partial charge in [-0.3, -0.25) is 0 Å². The molecule has 3 rings (SSSR count). The van der Waals surface area contributed by atoms with Crippen LogP contribution in [0.25, 0.3) is 11.0 Å². The van der Waals surface area contributed by atoms with E-state index in [2.05, 4.69) is 20.2 Å². The molecule has 0 aliphatic carbocycles. The summed E-state index contributed by atoms with van der Waals surface area (Å²) in [5.41, 5.74) is 8.27. The summed E-state index contributed by atoms with van der Waals surface area (Å²) in [6, 6.07) is 5.60. The molecule has 18 heavy (non-hydrogen) atoms. The highest BCUT2D eigenvalue weighted by atomic mass is 32.2. The SMILES string of the molecule is Cc1nnc(Sc2nc3ccc(N)cc3[nH]2)n1C. The molecule has 3 N–H and O–H groups in total. The number of aryl methyl sites for hydroxylation is 1. The molecule has 3 aromatic rings. The maximum absolute atomic E-state index is 5.73. The van der Waals surface area contributed by atoms with Crippen molar-refractivity contribution in [1.29, 1.82) is 0 Å². The van der Waals surface area contributed by atoms with Crippen molar-refractivity contribution in [3.63, 3.8) is 0 Å². The molecule has 0 saturated heterocycles. The topological polar surface area (TPSA) is 85.4 Å². The summed E-state index contributed by atoms with van der Waals surface area (Å²) >= 11 is 1.45. The first-order valence-corrected chi connectivity index (χ1v) is 6.24. The van der Waals surface area contributed by atoms with E-state index in [1.54, 1.807) is 0 Å². The van der Waals surface area contributed by atoms with E-state index in [-0.39, 0.29) is 0 Å². The summed E-state index contributed by atoms with van der Waals surface area (Å²) in [5.74, 6) is 0.873. The van der Waals surface area contributed by atoms with Gasteiger partial charge >= 0.3 is 0 Å². The average molecular weight is 260 g/mol. The number of nitrogens with two attached hydrogens (primary N) is 1. The maximum atomic E-state index is 5.73. The van der Waals surface area contributed by atoms with Gasteiger partial charge in [0.25, 0.3) is 0 Å². The summed E-state index contributed by atoms with van der Waals surface area (Å²) in [6.07, 6.45) is 0. The van der Waals surface area contributed by atoms with Crippen molar-refractivity contribution >= 4 is 28.5 Å². The van der Waals surface area contributed by atoms with Crippen molar-refractivity contribution in [3.8, 4) is 0 Å². The van der Waals surface area contributed by atoms with Crippen LogP contribution in [0.1, 0.15) is 5.82 Å². The van der Waals surface area contributed by atoms with E-state index >= 15 is 0 Å². The first kappa shape index (κ1) is 11.1. The second-order valence-corrected chi connectivity index (χ2v) is 4.97. The van der Waals surface area contributed by atoms with E-state index in [9.17, 15) is 0 Å². The Morgan fingerprint density at radius 2 is 2.17 bits per heavy atom. The molecule has 0 spiro atoms. The van der Waals surface area contributed by atoms with E-state index in [4.69, 9.17) is 5.73 Å². The van der Waals surface area contributed by atoms with E-state index < -0.39 is 0 Å². The van der Waals surface area contributed by atoms with Crippen LogP contribution in [0.4, 0.5) is 5.69 Å². The van der Waals surface area contributed by atoms with Crippen molar-refractivity contribution in [1.82, 2.24) is 24.7 Å². The highest BCUT2D eigenvalue weighted by Gasteiger charge is 2.10. The Morgan fingerprint density at radius 1 is 1.33 bits per heavy atom. The zero-order chi connectivity index (χ0) is 12.7. The Labute approximate surface area is 108 Å². The molecule has 2 heterocycles. The number of anilines is 1. The van der Waals surface area contributed by atoms with Crippen LogP contribution in [0.15, 0.2) is 28.5 Å². The van der Waals surface area contributed by atoms with Gasteiger partial charge in [-0.2, -0.15) is 0 Å². The summed E-state index contributed by atoms with van der Waals surface area (Å²) in [6.45, 7) is 1.91. The Balaban J connectivity index is 1.98. The Bertz CT molecular complexity index is 713. The van der Waals surface area contributed by atoms with Gasteiger partial charge in [0.05, 0.1) is 11.0 Å². The third kappa shape index (κ3) is 1.82. The van der Waals surface area contributed by atoms with Crippen molar-refractivity contribution in [2.45, 2.75) is 17.2 Å². The van der Waals surface area contributed by atoms with Gasteiger partial charge in [-0.25, -0.2) is 4.98 Å². The minimum atomic E-state index is 0.720. The minimum Gasteiger partial charge on any atom is -0.399 e. The summed E-state index contributed by atoms with van der Waals surface area (Å²) in [7, 11) is 1.93. The van der Waals surface area contributed by atoms with Gasteiger partial charge in [-0.05, 0) is 36.9 Å². The lowest BCUT2D eigenvalue weighted by Gasteiger charge is -1.97. The summed E-state index contributed by atoms with van der Waals surface area (Å²) in [4.78, 5) is 7.68. The van der Waals surface area contributed by atoms with Crippen LogP contribution in [0, 0.1) is 6.92 Å². The number of hydrogen-bond acceptors (Lipinski definition) is 5. The predicted octanol–water partition coefficient (Wildman–Crippen LogP) is 1.73. The number of aromatic nitrogens is 5. The van der Waals surface area contributed by atoms with Gasteiger partial charge in [-0.1, -0.05) is 0 Å². The number of nitrogens with one attached hydrogen (secondary N) is 1. The molecule has 0 radical (unpaired) electrons. The largest absolute Gasteiger partial charge is 0.399 e. The van der Waals surface area contributed by atoms with E-state index in [0.717, 1.165) is 32.9 Å². The molecule has 0 aliphatic rings. The fourth-order valence-corrected chi connectivity index (χ4v) is 2.44. The number of H-pyrrole nitrogens is 1. The van der Waals surface area contributed by atoms with E-state index in [1.165, 1.54) is 11.8 Å². The highest BCUT2D eigenvalue weighted by molar-refractivity contribution is 7.99. The second-order valence-electron chi connectivity index (χ2n) is 4.01. The zero-order valence-electron chi connectivity index (χ0n) is 10.0. The second kappa shape index (κ2) is 4.02. The minimum absolute atomic E-state index is 0.720. The molecule has 92 valence electrons. The maximum Gasteiger partial charge on any atom is 0.198 e. The number of aromatic amines is 1. The average Bonchev–Trinajstić information content (AvgIpc) is 2.86. The standard InChI is InChI=1S/C11H12N6S/c1-6-15-16-11(17(6)2)18-10-13-8-4-3-7(12)5-9(8)14-10/h3-5H,12H2,1-2H3,(H,13,14). The third-order valence-corrected chi connectivity index (χ3v) is 3.65. The lowest BCUT2D eigenvalue weighted by atomic mass is 10.3. The Morgan fingerprint density at radius 3 is 2.89 bits per heavy atom. The Kier molecular flexibility index (Phi) is 2.48. The van der Waals surface area contributed by atoms with Gasteiger partial charge in [0.1, 0.15) is 5.82 Å². The molecule has 6 nitrogen and oxygen atoms in total. The predicted molar refractivity (Wildman–Crippen MR) is 70.4 cm³/mol. The number of imidazole rings is 1. The van der Waals surface area contributed by atoms with Crippen molar-refractivity contribution in [2.24, 2.45) is 7.05 Å². The van der Waals surface area contributed by atoms with Crippen molar-refractivity contribution in [2.75, 3.05) is 5.73 Å². The number of benzene rings is 1. The van der Waals surface area contributed by atoms with Crippen LogP contribution in [-0.2, 0) is 7.05 Å². The number of nitrogens with zero attached hydrogens (tertiary/aromatic N) is 4. The quantitative estimate of drug-likeness (QED) is 0.685. The van der Waals surface area contributed by atoms with Crippen LogP contribution in [-0.4, -0.2) is 24.7 Å². The van der Waals surface area contributed by atoms with E-state index in [1.807, 2.05) is 36.7 Å². The number of rotatable bonds is 2. The molecule has 0 saturated carbocycles. The molecule has 1 aromatic carbocycles. The molecular weight excluding hydrogens is 248 g/mol. The van der Waals surface area contributed by atoms with Crippen LogP contribution in [0.3, 0.4) is 0 Å². The van der Waals surface area contributed by atoms with Gasteiger partial charge in [0.2, 0.25) is 0 Å². The molecule has 7 heteroatoms. The lowest BCUT2D eigenvalue weighted by molar-refractivity contribution is 0.763. The number of fused-ring (bicyclic) bond motifs is 1. The zero-order valence-corrected chi connectivity index (χ0v) is 10.8. The fourth-order valence-electron chi connectivity index (χ4n) is 1.62. The number of hydrogen-bond donors (Lipinski definition) is 2. The summed E-state index contributed by atoms with van der Waals surface area (Å²) < 4.78 is 1.92. The van der Waals surface area contributed by atoms with Crippen LogP contribution >= 0.6 is 11.8 Å².